The fraction of sp³-hybridized carbons (Fsp3) is 0.800. The van der Waals surface area contributed by atoms with Gasteiger partial charge in [0.25, 0.3) is 0 Å². The number of allylic oxidation sites excluding steroid dienone is 1. The first-order valence-electron chi connectivity index (χ1n) is 4.71. The van der Waals surface area contributed by atoms with Gasteiger partial charge in [-0.1, -0.05) is 12.2 Å². The molecule has 1 fully saturated rings. The molecule has 2 nitrogen and oxygen atoms in total. The van der Waals surface area contributed by atoms with Crippen LogP contribution in [-0.2, 0) is 4.74 Å². The number of hydrogen-bond acceptors (Lipinski definition) is 2. The van der Waals surface area contributed by atoms with Crippen LogP contribution in [-0.4, -0.2) is 25.3 Å². The predicted molar refractivity (Wildman–Crippen MR) is 51.3 cm³/mol. The third kappa shape index (κ3) is 2.95. The Kier molecular flexibility index (Phi) is 3.76. The summed E-state index contributed by atoms with van der Waals surface area (Å²) < 4.78 is 5.43. The van der Waals surface area contributed by atoms with Crippen molar-refractivity contribution in [1.29, 1.82) is 0 Å². The summed E-state index contributed by atoms with van der Waals surface area (Å²) in [4.78, 5) is 0. The topological polar surface area (TPSA) is 21.3 Å². The second-order valence-electron chi connectivity index (χ2n) is 3.67. The van der Waals surface area contributed by atoms with Gasteiger partial charge in [-0.05, 0) is 26.7 Å². The zero-order valence-electron chi connectivity index (χ0n) is 8.10. The number of ether oxygens (including phenoxy) is 1. The van der Waals surface area contributed by atoms with Crippen LogP contribution in [0.2, 0.25) is 0 Å². The first-order valence-corrected chi connectivity index (χ1v) is 4.71. The van der Waals surface area contributed by atoms with Gasteiger partial charge in [0.1, 0.15) is 0 Å². The molecular weight excluding hydrogens is 150 g/mol. The van der Waals surface area contributed by atoms with Gasteiger partial charge < -0.3 is 10.1 Å². The van der Waals surface area contributed by atoms with E-state index in [0.717, 1.165) is 19.8 Å². The van der Waals surface area contributed by atoms with E-state index in [1.807, 2.05) is 6.92 Å². The summed E-state index contributed by atoms with van der Waals surface area (Å²) in [6.07, 6.45) is 6.61. The Labute approximate surface area is 75.0 Å². The fourth-order valence-corrected chi connectivity index (χ4v) is 1.50. The molecule has 0 aromatic heterocycles. The van der Waals surface area contributed by atoms with E-state index in [1.165, 1.54) is 12.8 Å². The molecule has 0 aromatic carbocycles. The zero-order chi connectivity index (χ0) is 8.86. The third-order valence-corrected chi connectivity index (χ3v) is 2.32. The second-order valence-corrected chi connectivity index (χ2v) is 3.67. The Bertz CT molecular complexity index is 148. The number of hydrogen-bond donors (Lipinski definition) is 1. The van der Waals surface area contributed by atoms with Gasteiger partial charge in [0, 0.05) is 18.7 Å². The number of rotatable bonds is 3. The van der Waals surface area contributed by atoms with Crippen molar-refractivity contribution in [2.24, 2.45) is 0 Å². The average Bonchev–Trinajstić information content (AvgIpc) is 2.06. The van der Waals surface area contributed by atoms with Crippen LogP contribution in [0, 0.1) is 0 Å². The summed E-state index contributed by atoms with van der Waals surface area (Å²) >= 11 is 0. The maximum absolute atomic E-state index is 5.43. The van der Waals surface area contributed by atoms with E-state index in [0.29, 0.717) is 0 Å². The molecule has 12 heavy (non-hydrogen) atoms. The van der Waals surface area contributed by atoms with Crippen LogP contribution in [0.4, 0.5) is 0 Å². The van der Waals surface area contributed by atoms with Crippen LogP contribution in [0.1, 0.15) is 26.7 Å². The lowest BCUT2D eigenvalue weighted by molar-refractivity contribution is 0.0302. The van der Waals surface area contributed by atoms with E-state index in [9.17, 15) is 0 Å². The van der Waals surface area contributed by atoms with E-state index in [4.69, 9.17) is 4.74 Å². The van der Waals surface area contributed by atoms with E-state index in [-0.39, 0.29) is 5.54 Å². The first-order chi connectivity index (χ1) is 5.77. The highest BCUT2D eigenvalue weighted by molar-refractivity contribution is 4.89. The van der Waals surface area contributed by atoms with Gasteiger partial charge in [0.15, 0.2) is 0 Å². The van der Waals surface area contributed by atoms with Gasteiger partial charge >= 0.3 is 0 Å². The Morgan fingerprint density at radius 2 is 2.42 bits per heavy atom. The van der Waals surface area contributed by atoms with Crippen LogP contribution in [0.15, 0.2) is 12.2 Å². The largest absolute Gasteiger partial charge is 0.380 e. The molecular formula is C10H19NO. The summed E-state index contributed by atoms with van der Waals surface area (Å²) in [5.41, 5.74) is 0.206. The van der Waals surface area contributed by atoms with E-state index >= 15 is 0 Å². The predicted octanol–water partition coefficient (Wildman–Crippen LogP) is 1.72. The molecule has 1 heterocycles. The maximum atomic E-state index is 5.43. The SMILES string of the molecule is C/C=C/CNC1(C)CCCOC1. The standard InChI is InChI=1S/C10H19NO/c1-3-4-7-11-10(2)6-5-8-12-9-10/h3-4,11H,5-9H2,1-2H3/b4-3+. The molecule has 0 amide bonds. The highest BCUT2D eigenvalue weighted by atomic mass is 16.5. The second kappa shape index (κ2) is 4.63. The van der Waals surface area contributed by atoms with Crippen LogP contribution in [0.25, 0.3) is 0 Å². The fourth-order valence-electron chi connectivity index (χ4n) is 1.50. The van der Waals surface area contributed by atoms with Crippen LogP contribution in [0.3, 0.4) is 0 Å². The van der Waals surface area contributed by atoms with Crippen molar-refractivity contribution in [2.45, 2.75) is 32.2 Å². The third-order valence-electron chi connectivity index (χ3n) is 2.32. The first kappa shape index (κ1) is 9.75. The Hall–Kier alpha value is -0.340. The molecule has 1 unspecified atom stereocenters. The highest BCUT2D eigenvalue weighted by Gasteiger charge is 2.25. The molecule has 1 aliphatic rings. The highest BCUT2D eigenvalue weighted by Crippen LogP contribution is 2.17. The van der Waals surface area contributed by atoms with Crippen LogP contribution in [0.5, 0.6) is 0 Å². The van der Waals surface area contributed by atoms with E-state index < -0.39 is 0 Å². The molecule has 1 aliphatic heterocycles. The Morgan fingerprint density at radius 3 is 3.00 bits per heavy atom. The van der Waals surface area contributed by atoms with Gasteiger partial charge in [-0.2, -0.15) is 0 Å². The van der Waals surface area contributed by atoms with Crippen molar-refractivity contribution < 1.29 is 4.74 Å². The van der Waals surface area contributed by atoms with Crippen molar-refractivity contribution in [3.05, 3.63) is 12.2 Å². The Balaban J connectivity index is 2.26. The molecule has 0 bridgehead atoms. The van der Waals surface area contributed by atoms with Crippen LogP contribution < -0.4 is 5.32 Å². The van der Waals surface area contributed by atoms with E-state index in [1.54, 1.807) is 0 Å². The molecule has 0 spiro atoms. The number of nitrogens with one attached hydrogen (secondary N) is 1. The minimum Gasteiger partial charge on any atom is -0.380 e. The minimum atomic E-state index is 0.206. The maximum Gasteiger partial charge on any atom is 0.0645 e. The zero-order valence-corrected chi connectivity index (χ0v) is 8.10. The molecule has 1 N–H and O–H groups in total. The normalized spacial score (nSPS) is 31.2. The lowest BCUT2D eigenvalue weighted by Gasteiger charge is -2.34. The summed E-state index contributed by atoms with van der Waals surface area (Å²) in [6.45, 7) is 7.01. The van der Waals surface area contributed by atoms with Gasteiger partial charge in [-0.15, -0.1) is 0 Å². The molecule has 0 aromatic rings. The van der Waals surface area contributed by atoms with Gasteiger partial charge in [0.05, 0.1) is 6.61 Å². The van der Waals surface area contributed by atoms with E-state index in [2.05, 4.69) is 24.4 Å². The lowest BCUT2D eigenvalue weighted by Crippen LogP contribution is -2.48. The lowest BCUT2D eigenvalue weighted by atomic mass is 9.95. The quantitative estimate of drug-likeness (QED) is 0.649. The van der Waals surface area contributed by atoms with Gasteiger partial charge in [-0.25, -0.2) is 0 Å². The van der Waals surface area contributed by atoms with Gasteiger partial charge in [0.2, 0.25) is 0 Å². The summed E-state index contributed by atoms with van der Waals surface area (Å²) in [6, 6.07) is 0. The van der Waals surface area contributed by atoms with Crippen molar-refractivity contribution in [3.8, 4) is 0 Å². The van der Waals surface area contributed by atoms with Crippen molar-refractivity contribution >= 4 is 0 Å². The van der Waals surface area contributed by atoms with Crippen molar-refractivity contribution in [3.63, 3.8) is 0 Å². The summed E-state index contributed by atoms with van der Waals surface area (Å²) in [5.74, 6) is 0. The molecule has 0 aliphatic carbocycles. The molecule has 70 valence electrons. The smallest absolute Gasteiger partial charge is 0.0645 e. The molecule has 1 rings (SSSR count). The van der Waals surface area contributed by atoms with Crippen molar-refractivity contribution in [2.75, 3.05) is 19.8 Å². The monoisotopic (exact) mass is 169 g/mol. The Morgan fingerprint density at radius 1 is 1.58 bits per heavy atom. The van der Waals surface area contributed by atoms with Gasteiger partial charge in [-0.3, -0.25) is 0 Å². The van der Waals surface area contributed by atoms with Crippen LogP contribution >= 0.6 is 0 Å². The average molecular weight is 169 g/mol. The molecule has 1 atom stereocenters. The molecule has 2 heteroatoms. The van der Waals surface area contributed by atoms with Crippen molar-refractivity contribution in [1.82, 2.24) is 5.32 Å². The molecule has 0 radical (unpaired) electrons. The molecule has 1 saturated heterocycles. The summed E-state index contributed by atoms with van der Waals surface area (Å²) in [5, 5.41) is 3.49. The summed E-state index contributed by atoms with van der Waals surface area (Å²) in [7, 11) is 0. The minimum absolute atomic E-state index is 0.206. The molecule has 0 saturated carbocycles.